The van der Waals surface area contributed by atoms with Crippen molar-refractivity contribution >= 4 is 5.82 Å². The predicted octanol–water partition coefficient (Wildman–Crippen LogP) is 1.69. The summed E-state index contributed by atoms with van der Waals surface area (Å²) in [6.07, 6.45) is 4.05. The molecule has 0 spiro atoms. The van der Waals surface area contributed by atoms with Gasteiger partial charge in [-0.05, 0) is 18.6 Å². The van der Waals surface area contributed by atoms with Crippen molar-refractivity contribution in [1.29, 1.82) is 0 Å². The molecule has 1 N–H and O–H groups in total. The van der Waals surface area contributed by atoms with E-state index >= 15 is 0 Å². The molecule has 0 aliphatic carbocycles. The highest BCUT2D eigenvalue weighted by atomic mass is 15.2. The summed E-state index contributed by atoms with van der Waals surface area (Å²) in [7, 11) is 0. The molecule has 3 heteroatoms. The molecular formula is C8H13N3. The van der Waals surface area contributed by atoms with Crippen molar-refractivity contribution in [1.82, 2.24) is 10.2 Å². The van der Waals surface area contributed by atoms with Gasteiger partial charge in [0.2, 0.25) is 0 Å². The summed E-state index contributed by atoms with van der Waals surface area (Å²) in [6.45, 7) is 3.15. The lowest BCUT2D eigenvalue weighted by Crippen LogP contribution is -2.02. The summed E-state index contributed by atoms with van der Waals surface area (Å²) in [5.74, 6) is 0.862. The first-order chi connectivity index (χ1) is 5.43. The minimum Gasteiger partial charge on any atom is -0.369 e. The molecule has 0 bridgehead atoms. The van der Waals surface area contributed by atoms with Crippen LogP contribution >= 0.6 is 0 Å². The molecule has 0 unspecified atom stereocenters. The Labute approximate surface area is 66.8 Å². The molecule has 0 aliphatic rings. The van der Waals surface area contributed by atoms with Gasteiger partial charge in [0.1, 0.15) is 5.82 Å². The Hall–Kier alpha value is -1.12. The molecule has 3 nitrogen and oxygen atoms in total. The molecule has 0 saturated heterocycles. The number of nitrogens with one attached hydrogen (secondary N) is 1. The number of hydrogen-bond acceptors (Lipinski definition) is 3. The molecular weight excluding hydrogens is 138 g/mol. The van der Waals surface area contributed by atoms with Crippen LogP contribution in [0.25, 0.3) is 0 Å². The quantitative estimate of drug-likeness (QED) is 0.665. The molecule has 1 aromatic heterocycles. The Bertz CT molecular complexity index is 186. The number of aromatic nitrogens is 2. The van der Waals surface area contributed by atoms with Crippen molar-refractivity contribution in [2.24, 2.45) is 0 Å². The molecule has 0 saturated carbocycles. The molecule has 0 atom stereocenters. The van der Waals surface area contributed by atoms with E-state index in [9.17, 15) is 0 Å². The van der Waals surface area contributed by atoms with Gasteiger partial charge < -0.3 is 5.32 Å². The van der Waals surface area contributed by atoms with Crippen molar-refractivity contribution in [2.45, 2.75) is 19.8 Å². The highest BCUT2D eigenvalue weighted by molar-refractivity contribution is 5.30. The fourth-order valence-electron chi connectivity index (χ4n) is 0.789. The monoisotopic (exact) mass is 151 g/mol. The van der Waals surface area contributed by atoms with Crippen molar-refractivity contribution in [2.75, 3.05) is 11.9 Å². The molecule has 0 fully saturated rings. The van der Waals surface area contributed by atoms with Gasteiger partial charge in [0.15, 0.2) is 0 Å². The van der Waals surface area contributed by atoms with Crippen LogP contribution in [0.1, 0.15) is 19.8 Å². The minimum atomic E-state index is 0.862. The normalized spacial score (nSPS) is 9.55. The number of rotatable bonds is 4. The zero-order valence-electron chi connectivity index (χ0n) is 6.75. The van der Waals surface area contributed by atoms with Crippen LogP contribution in [-0.4, -0.2) is 16.7 Å². The first-order valence-corrected chi connectivity index (χ1v) is 3.95. The number of anilines is 1. The van der Waals surface area contributed by atoms with E-state index in [-0.39, 0.29) is 0 Å². The smallest absolute Gasteiger partial charge is 0.148 e. The third-order valence-electron chi connectivity index (χ3n) is 1.41. The van der Waals surface area contributed by atoms with Crippen LogP contribution in [0.3, 0.4) is 0 Å². The van der Waals surface area contributed by atoms with Gasteiger partial charge in [-0.15, -0.1) is 5.10 Å². The summed E-state index contributed by atoms with van der Waals surface area (Å²) in [5.41, 5.74) is 0. The van der Waals surface area contributed by atoms with Gasteiger partial charge in [-0.3, -0.25) is 0 Å². The first kappa shape index (κ1) is 7.98. The Kier molecular flexibility index (Phi) is 3.38. The second kappa shape index (κ2) is 4.66. The Morgan fingerprint density at radius 2 is 2.45 bits per heavy atom. The molecule has 0 aliphatic heterocycles. The largest absolute Gasteiger partial charge is 0.369 e. The fourth-order valence-corrected chi connectivity index (χ4v) is 0.789. The van der Waals surface area contributed by atoms with Crippen LogP contribution in [0.5, 0.6) is 0 Å². The topological polar surface area (TPSA) is 37.8 Å². The van der Waals surface area contributed by atoms with E-state index in [1.165, 1.54) is 12.8 Å². The van der Waals surface area contributed by atoms with E-state index < -0.39 is 0 Å². The molecule has 1 rings (SSSR count). The molecule has 0 aromatic carbocycles. The van der Waals surface area contributed by atoms with Crippen LogP contribution in [0.4, 0.5) is 5.82 Å². The lowest BCUT2D eigenvalue weighted by atomic mass is 10.3. The fraction of sp³-hybridized carbons (Fsp3) is 0.500. The molecule has 0 amide bonds. The molecule has 60 valence electrons. The standard InChI is InChI=1S/C8H13N3/c1-2-3-6-9-8-5-4-7-10-11-8/h4-5,7H,2-3,6H2,1H3,(H,9,11). The van der Waals surface area contributed by atoms with E-state index in [2.05, 4.69) is 22.4 Å². The summed E-state index contributed by atoms with van der Waals surface area (Å²) < 4.78 is 0. The highest BCUT2D eigenvalue weighted by Gasteiger charge is 1.88. The van der Waals surface area contributed by atoms with E-state index in [1.807, 2.05) is 12.1 Å². The van der Waals surface area contributed by atoms with E-state index in [4.69, 9.17) is 0 Å². The number of nitrogens with zero attached hydrogens (tertiary/aromatic N) is 2. The van der Waals surface area contributed by atoms with E-state index in [1.54, 1.807) is 6.20 Å². The maximum atomic E-state index is 3.89. The minimum absolute atomic E-state index is 0.862. The highest BCUT2D eigenvalue weighted by Crippen LogP contribution is 1.97. The molecule has 0 radical (unpaired) electrons. The van der Waals surface area contributed by atoms with Crippen LogP contribution < -0.4 is 5.32 Å². The van der Waals surface area contributed by atoms with Crippen molar-refractivity contribution in [3.05, 3.63) is 18.3 Å². The molecule has 11 heavy (non-hydrogen) atoms. The SMILES string of the molecule is CCCCNc1cccnn1. The summed E-state index contributed by atoms with van der Waals surface area (Å²) in [5, 5.41) is 10.8. The van der Waals surface area contributed by atoms with Gasteiger partial charge in [0.25, 0.3) is 0 Å². The van der Waals surface area contributed by atoms with Gasteiger partial charge in [-0.25, -0.2) is 0 Å². The lowest BCUT2D eigenvalue weighted by Gasteiger charge is -2.01. The third kappa shape index (κ3) is 2.98. The third-order valence-corrected chi connectivity index (χ3v) is 1.41. The Morgan fingerprint density at radius 3 is 3.09 bits per heavy atom. The average molecular weight is 151 g/mol. The summed E-state index contributed by atoms with van der Waals surface area (Å²) in [4.78, 5) is 0. The van der Waals surface area contributed by atoms with Crippen molar-refractivity contribution in [3.63, 3.8) is 0 Å². The van der Waals surface area contributed by atoms with Gasteiger partial charge in [0, 0.05) is 12.7 Å². The van der Waals surface area contributed by atoms with Crippen molar-refractivity contribution < 1.29 is 0 Å². The second-order valence-electron chi connectivity index (χ2n) is 2.39. The lowest BCUT2D eigenvalue weighted by molar-refractivity contribution is 0.827. The average Bonchev–Trinajstić information content (AvgIpc) is 2.07. The van der Waals surface area contributed by atoms with Gasteiger partial charge in [-0.2, -0.15) is 5.10 Å². The Morgan fingerprint density at radius 1 is 1.55 bits per heavy atom. The van der Waals surface area contributed by atoms with Crippen molar-refractivity contribution in [3.8, 4) is 0 Å². The van der Waals surface area contributed by atoms with E-state index in [0.717, 1.165) is 12.4 Å². The maximum absolute atomic E-state index is 3.89. The zero-order chi connectivity index (χ0) is 7.94. The van der Waals surface area contributed by atoms with Gasteiger partial charge in [0.05, 0.1) is 0 Å². The van der Waals surface area contributed by atoms with Crippen LogP contribution in [0, 0.1) is 0 Å². The molecule has 1 heterocycles. The zero-order valence-corrected chi connectivity index (χ0v) is 6.75. The first-order valence-electron chi connectivity index (χ1n) is 3.95. The van der Waals surface area contributed by atoms with Crippen LogP contribution in [0.2, 0.25) is 0 Å². The van der Waals surface area contributed by atoms with Crippen LogP contribution in [-0.2, 0) is 0 Å². The molecule has 1 aromatic rings. The summed E-state index contributed by atoms with van der Waals surface area (Å²) >= 11 is 0. The number of hydrogen-bond donors (Lipinski definition) is 1. The Balaban J connectivity index is 2.28. The van der Waals surface area contributed by atoms with Gasteiger partial charge >= 0.3 is 0 Å². The maximum Gasteiger partial charge on any atom is 0.148 e. The number of unbranched alkanes of at least 4 members (excludes halogenated alkanes) is 1. The predicted molar refractivity (Wildman–Crippen MR) is 45.4 cm³/mol. The second-order valence-corrected chi connectivity index (χ2v) is 2.39. The van der Waals surface area contributed by atoms with Gasteiger partial charge in [-0.1, -0.05) is 13.3 Å². The van der Waals surface area contributed by atoms with Crippen LogP contribution in [0.15, 0.2) is 18.3 Å². The summed E-state index contributed by atoms with van der Waals surface area (Å²) in [6, 6.07) is 3.80. The van der Waals surface area contributed by atoms with E-state index in [0.29, 0.717) is 0 Å².